The SMILES string of the molecule is CN1C[C@@]2(C)CCC[C@]3(C1)[C@@H]2CC[C@@]12C[C@@H](CC[C@H]13)C1(C2)OCCO1. The molecule has 2 heterocycles. The molecular formula is C22H35NO2. The van der Waals surface area contributed by atoms with Gasteiger partial charge in [0.25, 0.3) is 0 Å². The minimum atomic E-state index is -0.184. The normalized spacial score (nSPS) is 56.6. The van der Waals surface area contributed by atoms with Crippen molar-refractivity contribution in [3.63, 3.8) is 0 Å². The third-order valence-electron chi connectivity index (χ3n) is 9.94. The highest BCUT2D eigenvalue weighted by atomic mass is 16.7. The van der Waals surface area contributed by atoms with E-state index in [2.05, 4.69) is 18.9 Å². The monoisotopic (exact) mass is 345 g/mol. The molecule has 0 aromatic rings. The van der Waals surface area contributed by atoms with Gasteiger partial charge in [0.2, 0.25) is 0 Å². The smallest absolute Gasteiger partial charge is 0.171 e. The number of piperidine rings is 1. The highest BCUT2D eigenvalue weighted by molar-refractivity contribution is 5.19. The van der Waals surface area contributed by atoms with Crippen molar-refractivity contribution in [2.45, 2.75) is 70.5 Å². The molecule has 0 radical (unpaired) electrons. The second-order valence-corrected chi connectivity index (χ2v) is 11.1. The predicted molar refractivity (Wildman–Crippen MR) is 97.1 cm³/mol. The van der Waals surface area contributed by atoms with Crippen LogP contribution in [0.25, 0.3) is 0 Å². The summed E-state index contributed by atoms with van der Waals surface area (Å²) in [7, 11) is 2.40. The molecule has 6 fully saturated rings. The van der Waals surface area contributed by atoms with Crippen molar-refractivity contribution >= 4 is 0 Å². The van der Waals surface area contributed by atoms with Gasteiger partial charge in [0, 0.05) is 25.4 Å². The van der Waals surface area contributed by atoms with Crippen LogP contribution in [0.5, 0.6) is 0 Å². The second-order valence-electron chi connectivity index (χ2n) is 11.1. The maximum Gasteiger partial charge on any atom is 0.171 e. The first-order chi connectivity index (χ1) is 12.0. The Labute approximate surface area is 152 Å². The number of fused-ring (bicyclic) bond motifs is 2. The van der Waals surface area contributed by atoms with Gasteiger partial charge in [0.15, 0.2) is 5.79 Å². The van der Waals surface area contributed by atoms with E-state index in [1.165, 1.54) is 70.9 Å². The third kappa shape index (κ3) is 1.84. The summed E-state index contributed by atoms with van der Waals surface area (Å²) in [6.45, 7) is 6.97. The first-order valence-corrected chi connectivity index (χ1v) is 11.0. The Balaban J connectivity index is 1.43. The molecule has 4 saturated carbocycles. The number of hydrogen-bond donors (Lipinski definition) is 0. The zero-order valence-electron chi connectivity index (χ0n) is 16.2. The maximum atomic E-state index is 6.31. The minimum Gasteiger partial charge on any atom is -0.347 e. The minimum absolute atomic E-state index is 0.184. The van der Waals surface area contributed by atoms with E-state index < -0.39 is 0 Å². The first-order valence-electron chi connectivity index (χ1n) is 11.0. The molecule has 6 aliphatic rings. The molecule has 0 amide bonds. The topological polar surface area (TPSA) is 21.7 Å². The van der Waals surface area contributed by atoms with E-state index in [1.807, 2.05) is 0 Å². The van der Waals surface area contributed by atoms with E-state index in [1.54, 1.807) is 0 Å². The lowest BCUT2D eigenvalue weighted by molar-refractivity contribution is -0.204. The number of hydrogen-bond acceptors (Lipinski definition) is 3. The lowest BCUT2D eigenvalue weighted by atomic mass is 9.39. The van der Waals surface area contributed by atoms with Gasteiger partial charge >= 0.3 is 0 Å². The molecule has 0 aromatic heterocycles. The molecule has 2 saturated heterocycles. The van der Waals surface area contributed by atoms with E-state index in [0.717, 1.165) is 25.0 Å². The Hall–Kier alpha value is -0.120. The summed E-state index contributed by atoms with van der Waals surface area (Å²) < 4.78 is 12.6. The fourth-order valence-corrected chi connectivity index (χ4v) is 9.70. The van der Waals surface area contributed by atoms with Crippen molar-refractivity contribution < 1.29 is 9.47 Å². The molecule has 3 nitrogen and oxygen atoms in total. The fourth-order valence-electron chi connectivity index (χ4n) is 9.70. The fraction of sp³-hybridized carbons (Fsp3) is 1.00. The Morgan fingerprint density at radius 3 is 2.60 bits per heavy atom. The molecule has 0 aromatic carbocycles. The van der Waals surface area contributed by atoms with E-state index in [-0.39, 0.29) is 5.79 Å². The van der Waals surface area contributed by atoms with Gasteiger partial charge in [0.05, 0.1) is 13.2 Å². The van der Waals surface area contributed by atoms with Crippen LogP contribution in [0.2, 0.25) is 0 Å². The summed E-state index contributed by atoms with van der Waals surface area (Å²) in [6, 6.07) is 0. The van der Waals surface area contributed by atoms with Gasteiger partial charge in [-0.3, -0.25) is 0 Å². The first kappa shape index (κ1) is 15.9. The average Bonchev–Trinajstić information content (AvgIpc) is 3.09. The Morgan fingerprint density at radius 2 is 1.76 bits per heavy atom. The largest absolute Gasteiger partial charge is 0.347 e. The van der Waals surface area contributed by atoms with Crippen molar-refractivity contribution in [3.05, 3.63) is 0 Å². The van der Waals surface area contributed by atoms with Crippen LogP contribution >= 0.6 is 0 Å². The number of nitrogens with zero attached hydrogens (tertiary/aromatic N) is 1. The Morgan fingerprint density at radius 1 is 0.920 bits per heavy atom. The van der Waals surface area contributed by atoms with Crippen LogP contribution in [0, 0.1) is 34.0 Å². The van der Waals surface area contributed by atoms with E-state index >= 15 is 0 Å². The van der Waals surface area contributed by atoms with Crippen molar-refractivity contribution in [2.75, 3.05) is 33.4 Å². The van der Waals surface area contributed by atoms with Crippen LogP contribution in [-0.2, 0) is 9.47 Å². The molecule has 0 unspecified atom stereocenters. The van der Waals surface area contributed by atoms with Crippen molar-refractivity contribution in [3.8, 4) is 0 Å². The van der Waals surface area contributed by atoms with E-state index in [4.69, 9.17) is 9.47 Å². The van der Waals surface area contributed by atoms with Crippen molar-refractivity contribution in [1.82, 2.24) is 4.90 Å². The number of ether oxygens (including phenoxy) is 2. The lowest BCUT2D eigenvalue weighted by Crippen LogP contribution is -2.66. The highest BCUT2D eigenvalue weighted by Crippen LogP contribution is 2.74. The molecule has 0 N–H and O–H groups in total. The number of rotatable bonds is 0. The van der Waals surface area contributed by atoms with Crippen LogP contribution in [0.1, 0.15) is 64.7 Å². The molecule has 3 heteroatoms. The molecule has 6 atom stereocenters. The Kier molecular flexibility index (Phi) is 3.07. The predicted octanol–water partition coefficient (Wildman–Crippen LogP) is 4.07. The second kappa shape index (κ2) is 4.83. The summed E-state index contributed by atoms with van der Waals surface area (Å²) >= 11 is 0. The van der Waals surface area contributed by atoms with Gasteiger partial charge in [0.1, 0.15) is 0 Å². The summed E-state index contributed by atoms with van der Waals surface area (Å²) in [6.07, 6.45) is 12.7. The van der Waals surface area contributed by atoms with Crippen LogP contribution in [0.3, 0.4) is 0 Å². The number of likely N-dealkylation sites (tertiary alicyclic amines) is 1. The molecular weight excluding hydrogens is 310 g/mol. The summed E-state index contributed by atoms with van der Waals surface area (Å²) in [5.41, 5.74) is 1.69. The standard InChI is InChI=1S/C22H35NO2/c1-19-7-3-8-21(15-23(2)14-19)17(19)6-9-20-12-16(4-5-18(20)21)22(13-20)24-10-11-25-22/h16-18H,3-15H2,1-2H3/t16-,17-,18-,19-,20+,21+/m1/s1. The molecule has 140 valence electrons. The Bertz CT molecular complexity index is 587. The van der Waals surface area contributed by atoms with Crippen LogP contribution in [-0.4, -0.2) is 44.0 Å². The van der Waals surface area contributed by atoms with Crippen LogP contribution < -0.4 is 0 Å². The third-order valence-corrected chi connectivity index (χ3v) is 9.94. The zero-order chi connectivity index (χ0) is 16.9. The maximum absolute atomic E-state index is 6.31. The molecule has 4 aliphatic carbocycles. The van der Waals surface area contributed by atoms with Gasteiger partial charge in [-0.1, -0.05) is 13.3 Å². The average molecular weight is 346 g/mol. The van der Waals surface area contributed by atoms with Gasteiger partial charge in [-0.05, 0) is 80.1 Å². The molecule has 2 aliphatic heterocycles. The molecule has 25 heavy (non-hydrogen) atoms. The van der Waals surface area contributed by atoms with Crippen LogP contribution in [0.4, 0.5) is 0 Å². The van der Waals surface area contributed by atoms with Crippen molar-refractivity contribution in [1.29, 1.82) is 0 Å². The van der Waals surface area contributed by atoms with Crippen molar-refractivity contribution in [2.24, 2.45) is 34.0 Å². The van der Waals surface area contributed by atoms with E-state index in [0.29, 0.717) is 22.2 Å². The van der Waals surface area contributed by atoms with Gasteiger partial charge < -0.3 is 14.4 Å². The van der Waals surface area contributed by atoms with Crippen LogP contribution in [0.15, 0.2) is 0 Å². The van der Waals surface area contributed by atoms with Gasteiger partial charge in [-0.15, -0.1) is 0 Å². The van der Waals surface area contributed by atoms with Gasteiger partial charge in [-0.2, -0.15) is 0 Å². The quantitative estimate of drug-likeness (QED) is 0.661. The summed E-state index contributed by atoms with van der Waals surface area (Å²) in [5, 5.41) is 0. The summed E-state index contributed by atoms with van der Waals surface area (Å²) in [4.78, 5) is 2.70. The van der Waals surface area contributed by atoms with Gasteiger partial charge in [-0.25, -0.2) is 0 Å². The molecule has 4 bridgehead atoms. The highest BCUT2D eigenvalue weighted by Gasteiger charge is 2.71. The lowest BCUT2D eigenvalue weighted by Gasteiger charge is -2.69. The summed E-state index contributed by atoms with van der Waals surface area (Å²) in [5.74, 6) is 2.38. The zero-order valence-corrected chi connectivity index (χ0v) is 16.2. The molecule has 2 spiro atoms. The molecule has 6 rings (SSSR count). The van der Waals surface area contributed by atoms with E-state index in [9.17, 15) is 0 Å².